The van der Waals surface area contributed by atoms with Crippen molar-refractivity contribution in [1.29, 1.82) is 5.26 Å². The fourth-order valence-electron chi connectivity index (χ4n) is 2.91. The normalized spacial score (nSPS) is 12.9. The molecule has 2 N–H and O–H groups in total. The molecule has 0 unspecified atom stereocenters. The highest BCUT2D eigenvalue weighted by molar-refractivity contribution is 7.18. The predicted octanol–water partition coefficient (Wildman–Crippen LogP) is 3.68. The summed E-state index contributed by atoms with van der Waals surface area (Å²) in [4.78, 5) is 26.5. The third kappa shape index (κ3) is 3.59. The molecule has 2 aromatic rings. The van der Waals surface area contributed by atoms with Crippen molar-refractivity contribution in [2.75, 3.05) is 12.3 Å². The lowest BCUT2D eigenvalue weighted by molar-refractivity contribution is 0.0457. The van der Waals surface area contributed by atoms with Gasteiger partial charge in [-0.25, -0.2) is 9.59 Å². The Kier molecular flexibility index (Phi) is 5.59. The summed E-state index contributed by atoms with van der Waals surface area (Å²) >= 11 is 2.43. The zero-order valence-electron chi connectivity index (χ0n) is 14.3. The minimum atomic E-state index is -0.566. The quantitative estimate of drug-likeness (QED) is 0.781. The van der Waals surface area contributed by atoms with Gasteiger partial charge >= 0.3 is 11.9 Å². The average molecular weight is 390 g/mol. The van der Waals surface area contributed by atoms with E-state index in [0.29, 0.717) is 10.4 Å². The maximum absolute atomic E-state index is 12.4. The minimum Gasteiger partial charge on any atom is -0.462 e. The molecule has 0 radical (unpaired) electrons. The Bertz CT molecular complexity index is 868. The van der Waals surface area contributed by atoms with Gasteiger partial charge in [0.05, 0.1) is 12.2 Å². The van der Waals surface area contributed by atoms with Gasteiger partial charge in [-0.15, -0.1) is 22.7 Å². The molecule has 3 rings (SSSR count). The molecular formula is C18H18N2O4S2. The number of ether oxygens (including phenoxy) is 2. The summed E-state index contributed by atoms with van der Waals surface area (Å²) in [6.45, 7) is 1.71. The highest BCUT2D eigenvalue weighted by atomic mass is 32.1. The molecule has 6 nitrogen and oxygen atoms in total. The second kappa shape index (κ2) is 7.89. The number of nitrogens with two attached hydrogens (primary N) is 1. The molecule has 136 valence electrons. The zero-order chi connectivity index (χ0) is 18.7. The monoisotopic (exact) mass is 390 g/mol. The van der Waals surface area contributed by atoms with Crippen molar-refractivity contribution in [2.45, 2.75) is 39.2 Å². The highest BCUT2D eigenvalue weighted by Crippen LogP contribution is 2.33. The molecule has 8 heteroatoms. The number of nitriles is 1. The van der Waals surface area contributed by atoms with Crippen molar-refractivity contribution in [1.82, 2.24) is 0 Å². The topological polar surface area (TPSA) is 102 Å². The van der Waals surface area contributed by atoms with E-state index in [2.05, 4.69) is 0 Å². The molecular weight excluding hydrogens is 372 g/mol. The van der Waals surface area contributed by atoms with Gasteiger partial charge in [-0.1, -0.05) is 0 Å². The van der Waals surface area contributed by atoms with E-state index in [-0.39, 0.29) is 28.7 Å². The summed E-state index contributed by atoms with van der Waals surface area (Å²) in [5.41, 5.74) is 7.51. The lowest BCUT2D eigenvalue weighted by atomic mass is 9.99. The molecule has 0 saturated carbocycles. The van der Waals surface area contributed by atoms with Crippen LogP contribution in [0.2, 0.25) is 0 Å². The van der Waals surface area contributed by atoms with E-state index in [1.807, 2.05) is 12.1 Å². The predicted molar refractivity (Wildman–Crippen MR) is 99.5 cm³/mol. The number of thiophene rings is 2. The number of aryl methyl sites for hydroxylation is 2. The Morgan fingerprint density at radius 2 is 2.00 bits per heavy atom. The number of esters is 2. The number of hydrogen-bond donors (Lipinski definition) is 1. The lowest BCUT2D eigenvalue weighted by Gasteiger charge is -2.08. The molecule has 0 bridgehead atoms. The number of carbonyl (C=O) groups is 2. The van der Waals surface area contributed by atoms with Crippen LogP contribution in [0.5, 0.6) is 0 Å². The SMILES string of the molecule is CCOC(=O)c1sc(N)c(C#N)c1COC(=O)c1cc2c(s1)CCCC2. The second-order valence-electron chi connectivity index (χ2n) is 5.82. The Labute approximate surface area is 159 Å². The Hall–Kier alpha value is -2.37. The van der Waals surface area contributed by atoms with Gasteiger partial charge in [-0.2, -0.15) is 5.26 Å². The molecule has 1 aliphatic carbocycles. The van der Waals surface area contributed by atoms with E-state index in [1.165, 1.54) is 21.8 Å². The van der Waals surface area contributed by atoms with Crippen molar-refractivity contribution in [3.8, 4) is 6.07 Å². The first-order chi connectivity index (χ1) is 12.5. The second-order valence-corrected chi connectivity index (χ2v) is 8.01. The first-order valence-electron chi connectivity index (χ1n) is 8.32. The molecule has 0 aromatic carbocycles. The Morgan fingerprint density at radius 1 is 1.23 bits per heavy atom. The standard InChI is InChI=1S/C18H18N2O4S2/c1-2-23-18(22)15-12(11(8-19)16(20)26-15)9-24-17(21)14-7-10-5-3-4-6-13(10)25-14/h7H,2-6,9,20H2,1H3. The largest absolute Gasteiger partial charge is 0.462 e. The molecule has 0 aliphatic heterocycles. The van der Waals surface area contributed by atoms with Crippen molar-refractivity contribution in [2.24, 2.45) is 0 Å². The average Bonchev–Trinajstić information content (AvgIpc) is 3.20. The van der Waals surface area contributed by atoms with Gasteiger partial charge in [0.2, 0.25) is 0 Å². The van der Waals surface area contributed by atoms with Crippen LogP contribution in [0.15, 0.2) is 6.07 Å². The number of anilines is 1. The lowest BCUT2D eigenvalue weighted by Crippen LogP contribution is -2.09. The van der Waals surface area contributed by atoms with Crippen LogP contribution in [0.4, 0.5) is 5.00 Å². The zero-order valence-corrected chi connectivity index (χ0v) is 15.9. The number of carbonyl (C=O) groups excluding carboxylic acids is 2. The number of hydrogen-bond acceptors (Lipinski definition) is 8. The third-order valence-electron chi connectivity index (χ3n) is 4.15. The first-order valence-corrected chi connectivity index (χ1v) is 9.95. The van der Waals surface area contributed by atoms with Gasteiger partial charge in [-0.3, -0.25) is 0 Å². The fraction of sp³-hybridized carbons (Fsp3) is 0.389. The first kappa shape index (κ1) is 18.4. The molecule has 0 fully saturated rings. The Balaban J connectivity index is 1.78. The van der Waals surface area contributed by atoms with E-state index in [1.54, 1.807) is 6.92 Å². The van der Waals surface area contributed by atoms with Gasteiger partial charge in [0.1, 0.15) is 27.4 Å². The summed E-state index contributed by atoms with van der Waals surface area (Å²) in [6, 6.07) is 3.86. The van der Waals surface area contributed by atoms with Crippen LogP contribution < -0.4 is 5.73 Å². The van der Waals surface area contributed by atoms with Crippen molar-refractivity contribution >= 4 is 39.6 Å². The fourth-order valence-corrected chi connectivity index (χ4v) is 4.97. The molecule has 0 amide bonds. The van der Waals surface area contributed by atoms with E-state index in [4.69, 9.17) is 15.2 Å². The number of rotatable bonds is 5. The smallest absolute Gasteiger partial charge is 0.348 e. The number of nitrogen functional groups attached to an aromatic ring is 1. The molecule has 2 heterocycles. The van der Waals surface area contributed by atoms with E-state index >= 15 is 0 Å². The molecule has 2 aromatic heterocycles. The van der Waals surface area contributed by atoms with Crippen molar-refractivity contribution in [3.05, 3.63) is 37.4 Å². The van der Waals surface area contributed by atoms with Gasteiger partial charge in [0.25, 0.3) is 0 Å². The molecule has 0 spiro atoms. The molecule has 0 atom stereocenters. The van der Waals surface area contributed by atoms with Crippen LogP contribution in [0, 0.1) is 11.3 Å². The maximum atomic E-state index is 12.4. The summed E-state index contributed by atoms with van der Waals surface area (Å²) < 4.78 is 10.4. The van der Waals surface area contributed by atoms with Crippen LogP contribution >= 0.6 is 22.7 Å². The van der Waals surface area contributed by atoms with Crippen LogP contribution in [0.1, 0.15) is 60.7 Å². The van der Waals surface area contributed by atoms with E-state index in [0.717, 1.165) is 37.0 Å². The number of fused-ring (bicyclic) bond motifs is 1. The van der Waals surface area contributed by atoms with Gasteiger partial charge in [0.15, 0.2) is 0 Å². The summed E-state index contributed by atoms with van der Waals surface area (Å²) in [7, 11) is 0. The van der Waals surface area contributed by atoms with E-state index < -0.39 is 11.9 Å². The van der Waals surface area contributed by atoms with Crippen LogP contribution in [0.3, 0.4) is 0 Å². The van der Waals surface area contributed by atoms with E-state index in [9.17, 15) is 14.9 Å². The van der Waals surface area contributed by atoms with Crippen LogP contribution in [0.25, 0.3) is 0 Å². The summed E-state index contributed by atoms with van der Waals surface area (Å²) in [5, 5.41) is 9.52. The van der Waals surface area contributed by atoms with Crippen LogP contribution in [-0.4, -0.2) is 18.5 Å². The van der Waals surface area contributed by atoms with Crippen molar-refractivity contribution < 1.29 is 19.1 Å². The number of nitrogens with zero attached hydrogens (tertiary/aromatic N) is 1. The summed E-state index contributed by atoms with van der Waals surface area (Å²) in [6.07, 6.45) is 4.27. The molecule has 1 aliphatic rings. The highest BCUT2D eigenvalue weighted by Gasteiger charge is 2.25. The van der Waals surface area contributed by atoms with Gasteiger partial charge < -0.3 is 15.2 Å². The minimum absolute atomic E-state index is 0.163. The van der Waals surface area contributed by atoms with Gasteiger partial charge in [0, 0.05) is 10.4 Å². The molecule has 26 heavy (non-hydrogen) atoms. The maximum Gasteiger partial charge on any atom is 0.348 e. The third-order valence-corrected chi connectivity index (χ3v) is 6.41. The van der Waals surface area contributed by atoms with Gasteiger partial charge in [-0.05, 0) is 44.2 Å². The van der Waals surface area contributed by atoms with Crippen LogP contribution in [-0.2, 0) is 28.9 Å². The summed E-state index contributed by atoms with van der Waals surface area (Å²) in [5.74, 6) is -1.02. The Morgan fingerprint density at radius 3 is 2.69 bits per heavy atom. The van der Waals surface area contributed by atoms with Crippen molar-refractivity contribution in [3.63, 3.8) is 0 Å². The molecule has 0 saturated heterocycles.